The first kappa shape index (κ1) is 10.5. The number of primary amides is 1. The summed E-state index contributed by atoms with van der Waals surface area (Å²) in [6.07, 6.45) is 7.38. The maximum atomic E-state index is 11.1. The second-order valence-electron chi connectivity index (χ2n) is 4.08. The van der Waals surface area contributed by atoms with Gasteiger partial charge in [0.2, 0.25) is 5.91 Å². The summed E-state index contributed by atoms with van der Waals surface area (Å²) in [5, 5.41) is 0. The molecule has 0 aliphatic heterocycles. The molecule has 3 aromatic heterocycles. The van der Waals surface area contributed by atoms with E-state index in [9.17, 15) is 4.79 Å². The summed E-state index contributed by atoms with van der Waals surface area (Å²) in [7, 11) is 0. The van der Waals surface area contributed by atoms with Crippen LogP contribution in [0.1, 0.15) is 10.4 Å². The van der Waals surface area contributed by atoms with E-state index in [0.717, 1.165) is 16.6 Å². The minimum Gasteiger partial charge on any atom is -0.366 e. The average molecular weight is 237 g/mol. The molecule has 0 spiro atoms. The number of hydrogen-bond donors (Lipinski definition) is 1. The maximum Gasteiger partial charge on any atom is 0.248 e. The Morgan fingerprint density at radius 3 is 2.83 bits per heavy atom. The van der Waals surface area contributed by atoms with Crippen LogP contribution in [0.15, 0.2) is 55.1 Å². The van der Waals surface area contributed by atoms with Crippen LogP contribution in [0.4, 0.5) is 0 Å². The van der Waals surface area contributed by atoms with Crippen LogP contribution in [0.25, 0.3) is 16.6 Å². The van der Waals surface area contributed by atoms with Crippen molar-refractivity contribution >= 4 is 11.4 Å². The van der Waals surface area contributed by atoms with Crippen molar-refractivity contribution in [3.8, 4) is 11.1 Å². The van der Waals surface area contributed by atoms with E-state index in [2.05, 4.69) is 4.98 Å². The number of amides is 1. The lowest BCUT2D eigenvalue weighted by Crippen LogP contribution is -2.10. The molecule has 0 atom stereocenters. The third-order valence-corrected chi connectivity index (χ3v) is 2.88. The van der Waals surface area contributed by atoms with Gasteiger partial charge in [-0.3, -0.25) is 9.78 Å². The molecule has 0 saturated carbocycles. The quantitative estimate of drug-likeness (QED) is 0.742. The second kappa shape index (κ2) is 4.00. The van der Waals surface area contributed by atoms with Crippen LogP contribution in [0, 0.1) is 0 Å². The molecule has 0 saturated heterocycles. The summed E-state index contributed by atoms with van der Waals surface area (Å²) in [4.78, 5) is 15.2. The minimum absolute atomic E-state index is 0.415. The number of aromatic nitrogens is 2. The first-order chi connectivity index (χ1) is 8.74. The van der Waals surface area contributed by atoms with Crippen molar-refractivity contribution < 1.29 is 4.79 Å². The Morgan fingerprint density at radius 2 is 2.11 bits per heavy atom. The summed E-state index contributed by atoms with van der Waals surface area (Å²) < 4.78 is 1.95. The molecule has 3 heterocycles. The molecule has 3 rings (SSSR count). The minimum atomic E-state index is -0.415. The van der Waals surface area contributed by atoms with Crippen molar-refractivity contribution in [2.24, 2.45) is 5.73 Å². The highest BCUT2D eigenvalue weighted by Crippen LogP contribution is 2.22. The van der Waals surface area contributed by atoms with Crippen LogP contribution in [0.5, 0.6) is 0 Å². The number of fused-ring (bicyclic) bond motifs is 1. The van der Waals surface area contributed by atoms with Crippen LogP contribution >= 0.6 is 0 Å². The lowest BCUT2D eigenvalue weighted by molar-refractivity contribution is 0.100. The summed E-state index contributed by atoms with van der Waals surface area (Å²) in [6.45, 7) is 0. The van der Waals surface area contributed by atoms with Crippen molar-refractivity contribution in [2.45, 2.75) is 0 Å². The van der Waals surface area contributed by atoms with E-state index in [1.807, 2.05) is 41.2 Å². The summed E-state index contributed by atoms with van der Waals surface area (Å²) in [5.74, 6) is -0.415. The first-order valence-corrected chi connectivity index (χ1v) is 5.56. The molecule has 0 radical (unpaired) electrons. The van der Waals surface area contributed by atoms with Gasteiger partial charge in [-0.2, -0.15) is 0 Å². The average Bonchev–Trinajstić information content (AvgIpc) is 2.82. The third kappa shape index (κ3) is 1.73. The van der Waals surface area contributed by atoms with Gasteiger partial charge in [-0.1, -0.05) is 6.07 Å². The van der Waals surface area contributed by atoms with E-state index in [4.69, 9.17) is 5.73 Å². The Morgan fingerprint density at radius 1 is 1.22 bits per heavy atom. The summed E-state index contributed by atoms with van der Waals surface area (Å²) >= 11 is 0. The van der Waals surface area contributed by atoms with Crippen molar-refractivity contribution in [1.29, 1.82) is 0 Å². The number of carbonyl (C=O) groups is 1. The molecule has 88 valence electrons. The fourth-order valence-electron chi connectivity index (χ4n) is 1.95. The van der Waals surface area contributed by atoms with Gasteiger partial charge in [-0.25, -0.2) is 0 Å². The van der Waals surface area contributed by atoms with Crippen LogP contribution in [0.3, 0.4) is 0 Å². The highest BCUT2D eigenvalue weighted by Gasteiger charge is 2.05. The summed E-state index contributed by atoms with van der Waals surface area (Å²) in [5.41, 5.74) is 8.82. The van der Waals surface area contributed by atoms with Crippen LogP contribution in [-0.4, -0.2) is 15.3 Å². The van der Waals surface area contributed by atoms with Crippen molar-refractivity contribution in [3.63, 3.8) is 0 Å². The fraction of sp³-hybridized carbons (Fsp3) is 0. The van der Waals surface area contributed by atoms with Crippen molar-refractivity contribution in [3.05, 3.63) is 60.7 Å². The Labute approximate surface area is 104 Å². The second-order valence-corrected chi connectivity index (χ2v) is 4.08. The molecule has 0 unspecified atom stereocenters. The molecule has 18 heavy (non-hydrogen) atoms. The number of rotatable bonds is 2. The van der Waals surface area contributed by atoms with Crippen LogP contribution in [0.2, 0.25) is 0 Å². The molecule has 0 aromatic carbocycles. The SMILES string of the molecule is NC(=O)c1ccn2cc(-c3cccnc3)cc2c1. The largest absolute Gasteiger partial charge is 0.366 e. The van der Waals surface area contributed by atoms with Gasteiger partial charge in [-0.05, 0) is 24.3 Å². The predicted octanol–water partition coefficient (Wildman–Crippen LogP) is 2.10. The van der Waals surface area contributed by atoms with Gasteiger partial charge in [0.1, 0.15) is 0 Å². The number of nitrogens with zero attached hydrogens (tertiary/aromatic N) is 2. The van der Waals surface area contributed by atoms with E-state index in [1.54, 1.807) is 18.3 Å². The number of pyridine rings is 2. The molecular formula is C14H11N3O. The van der Waals surface area contributed by atoms with Gasteiger partial charge < -0.3 is 10.1 Å². The Bertz CT molecular complexity index is 716. The predicted molar refractivity (Wildman–Crippen MR) is 69.1 cm³/mol. The number of hydrogen-bond acceptors (Lipinski definition) is 2. The monoisotopic (exact) mass is 237 g/mol. The van der Waals surface area contributed by atoms with E-state index in [1.165, 1.54) is 0 Å². The fourth-order valence-corrected chi connectivity index (χ4v) is 1.95. The zero-order valence-corrected chi connectivity index (χ0v) is 9.58. The molecule has 1 amide bonds. The molecule has 0 aliphatic carbocycles. The van der Waals surface area contributed by atoms with Crippen molar-refractivity contribution in [1.82, 2.24) is 9.38 Å². The third-order valence-electron chi connectivity index (χ3n) is 2.88. The van der Waals surface area contributed by atoms with Crippen molar-refractivity contribution in [2.75, 3.05) is 0 Å². The molecule has 0 fully saturated rings. The molecule has 0 aliphatic rings. The van der Waals surface area contributed by atoms with E-state index in [0.29, 0.717) is 5.56 Å². The van der Waals surface area contributed by atoms with E-state index < -0.39 is 5.91 Å². The molecular weight excluding hydrogens is 226 g/mol. The Hall–Kier alpha value is -2.62. The lowest BCUT2D eigenvalue weighted by Gasteiger charge is -1.96. The van der Waals surface area contributed by atoms with Gasteiger partial charge in [0.25, 0.3) is 0 Å². The van der Waals surface area contributed by atoms with Crippen LogP contribution in [-0.2, 0) is 0 Å². The van der Waals surface area contributed by atoms with Gasteiger partial charge in [0.15, 0.2) is 0 Å². The van der Waals surface area contributed by atoms with E-state index >= 15 is 0 Å². The zero-order valence-electron chi connectivity index (χ0n) is 9.58. The number of carbonyl (C=O) groups excluding carboxylic acids is 1. The first-order valence-electron chi connectivity index (χ1n) is 5.56. The van der Waals surface area contributed by atoms with Gasteiger partial charge in [-0.15, -0.1) is 0 Å². The number of nitrogens with two attached hydrogens (primary N) is 1. The highest BCUT2D eigenvalue weighted by molar-refractivity contribution is 5.94. The molecule has 4 nitrogen and oxygen atoms in total. The zero-order chi connectivity index (χ0) is 12.5. The lowest BCUT2D eigenvalue weighted by atomic mass is 10.1. The maximum absolute atomic E-state index is 11.1. The van der Waals surface area contributed by atoms with Gasteiger partial charge in [0, 0.05) is 47.0 Å². The summed E-state index contributed by atoms with van der Waals surface area (Å²) in [6, 6.07) is 9.39. The molecule has 4 heteroatoms. The topological polar surface area (TPSA) is 60.4 Å². The highest BCUT2D eigenvalue weighted by atomic mass is 16.1. The smallest absolute Gasteiger partial charge is 0.248 e. The van der Waals surface area contributed by atoms with Gasteiger partial charge >= 0.3 is 0 Å². The standard InChI is InChI=1S/C14H11N3O/c15-14(18)10-3-5-17-9-12(7-13(17)6-10)11-2-1-4-16-8-11/h1-9H,(H2,15,18). The Balaban J connectivity index is 2.14. The molecule has 3 aromatic rings. The van der Waals surface area contributed by atoms with Gasteiger partial charge in [0.05, 0.1) is 0 Å². The molecule has 0 bridgehead atoms. The Kier molecular flexibility index (Phi) is 2.34. The van der Waals surface area contributed by atoms with E-state index in [-0.39, 0.29) is 0 Å². The normalized spacial score (nSPS) is 10.7. The molecule has 2 N–H and O–H groups in total. The van der Waals surface area contributed by atoms with Crippen LogP contribution < -0.4 is 5.73 Å².